The minimum absolute atomic E-state index is 0.0827. The van der Waals surface area contributed by atoms with Crippen LogP contribution in [0, 0.1) is 0 Å². The Morgan fingerprint density at radius 2 is 0.513 bits per heavy atom. The number of ether oxygens (including phenoxy) is 3. The van der Waals surface area contributed by atoms with E-state index in [1.807, 2.05) is 0 Å². The third-order valence-electron chi connectivity index (χ3n) is 14.1. The fourth-order valence-electron chi connectivity index (χ4n) is 9.23. The molecule has 1 unspecified atom stereocenters. The number of carbonyl (C=O) groups excluding carboxylic acids is 3. The van der Waals surface area contributed by atoms with E-state index in [0.717, 1.165) is 96.3 Å². The Labute approximate surface area is 471 Å². The lowest BCUT2D eigenvalue weighted by molar-refractivity contribution is -0.167. The van der Waals surface area contributed by atoms with Gasteiger partial charge in [0.25, 0.3) is 0 Å². The monoisotopic (exact) mass is 1060 g/mol. The molecule has 0 spiro atoms. The fourth-order valence-corrected chi connectivity index (χ4v) is 9.23. The molecule has 0 saturated heterocycles. The van der Waals surface area contributed by atoms with E-state index in [9.17, 15) is 14.4 Å². The Morgan fingerprint density at radius 1 is 0.276 bits per heavy atom. The largest absolute Gasteiger partial charge is 0.462 e. The summed E-state index contributed by atoms with van der Waals surface area (Å²) in [7, 11) is 0. The van der Waals surface area contributed by atoms with Crippen molar-refractivity contribution in [1.29, 1.82) is 0 Å². The lowest BCUT2D eigenvalue weighted by Gasteiger charge is -2.18. The van der Waals surface area contributed by atoms with Crippen LogP contribution in [-0.2, 0) is 28.6 Å². The van der Waals surface area contributed by atoms with Gasteiger partial charge in [0.2, 0.25) is 0 Å². The molecule has 0 fully saturated rings. The average molecular weight is 1060 g/mol. The van der Waals surface area contributed by atoms with Gasteiger partial charge in [-0.1, -0.05) is 273 Å². The molecule has 76 heavy (non-hydrogen) atoms. The normalized spacial score (nSPS) is 12.6. The first-order chi connectivity index (χ1) is 37.5. The van der Waals surface area contributed by atoms with Crippen LogP contribution in [0.25, 0.3) is 0 Å². The van der Waals surface area contributed by atoms with Crippen LogP contribution in [-0.4, -0.2) is 37.2 Å². The van der Waals surface area contributed by atoms with Crippen LogP contribution in [0.3, 0.4) is 0 Å². The maximum Gasteiger partial charge on any atom is 0.306 e. The van der Waals surface area contributed by atoms with Gasteiger partial charge in [-0.05, 0) is 116 Å². The highest BCUT2D eigenvalue weighted by molar-refractivity contribution is 5.71. The minimum Gasteiger partial charge on any atom is -0.462 e. The molecule has 0 N–H and O–H groups in total. The van der Waals surface area contributed by atoms with Gasteiger partial charge in [0.05, 0.1) is 0 Å². The summed E-state index contributed by atoms with van der Waals surface area (Å²) in [6.45, 7) is 6.54. The van der Waals surface area contributed by atoms with E-state index in [1.165, 1.54) is 186 Å². The zero-order valence-corrected chi connectivity index (χ0v) is 50.3. The molecule has 0 aliphatic heterocycles. The highest BCUT2D eigenvalue weighted by Gasteiger charge is 2.19. The first kappa shape index (κ1) is 72.6. The van der Waals surface area contributed by atoms with E-state index in [4.69, 9.17) is 14.2 Å². The van der Waals surface area contributed by atoms with Crippen molar-refractivity contribution in [2.45, 2.75) is 329 Å². The molecule has 0 aromatic heterocycles. The van der Waals surface area contributed by atoms with Crippen LogP contribution in [0.1, 0.15) is 323 Å². The molecule has 0 aromatic carbocycles. The second kappa shape index (κ2) is 64.1. The van der Waals surface area contributed by atoms with Gasteiger partial charge in [-0.2, -0.15) is 0 Å². The van der Waals surface area contributed by atoms with Crippen molar-refractivity contribution in [3.63, 3.8) is 0 Å². The van der Waals surface area contributed by atoms with E-state index in [-0.39, 0.29) is 31.1 Å². The molecule has 0 aromatic rings. The van der Waals surface area contributed by atoms with Crippen molar-refractivity contribution < 1.29 is 28.6 Å². The van der Waals surface area contributed by atoms with Crippen molar-refractivity contribution in [1.82, 2.24) is 0 Å². The van der Waals surface area contributed by atoms with Gasteiger partial charge in [-0.15, -0.1) is 0 Å². The number of esters is 3. The van der Waals surface area contributed by atoms with Crippen molar-refractivity contribution in [2.24, 2.45) is 0 Å². The van der Waals surface area contributed by atoms with Crippen LogP contribution in [0.15, 0.2) is 85.1 Å². The minimum atomic E-state index is -0.787. The molecule has 0 heterocycles. The SMILES string of the molecule is CC/C=C\C/C=C\C/C=C\C/C=C\C/C=C\CCCCCCCCCC(=O)OCC(COC(=O)CCCCCCCCC/C=C\CCCCCCCC)OC(=O)CCCCCCCCC/C=C\CCCCCCCCC. The van der Waals surface area contributed by atoms with Crippen LogP contribution < -0.4 is 0 Å². The third kappa shape index (κ3) is 61.4. The molecule has 0 amide bonds. The predicted octanol–water partition coefficient (Wildman–Crippen LogP) is 22.3. The first-order valence-electron chi connectivity index (χ1n) is 32.6. The molecule has 0 rings (SSSR count). The van der Waals surface area contributed by atoms with Crippen molar-refractivity contribution >= 4 is 17.9 Å². The summed E-state index contributed by atoms with van der Waals surface area (Å²) in [6.07, 6.45) is 84.4. The smallest absolute Gasteiger partial charge is 0.306 e. The quantitative estimate of drug-likeness (QED) is 0.0261. The van der Waals surface area contributed by atoms with Gasteiger partial charge in [-0.25, -0.2) is 0 Å². The Morgan fingerprint density at radius 3 is 0.816 bits per heavy atom. The zero-order chi connectivity index (χ0) is 55.0. The van der Waals surface area contributed by atoms with Gasteiger partial charge in [0.15, 0.2) is 6.10 Å². The molecule has 6 nitrogen and oxygen atoms in total. The van der Waals surface area contributed by atoms with E-state index in [1.54, 1.807) is 0 Å². The highest BCUT2D eigenvalue weighted by atomic mass is 16.6. The number of rotatable bonds is 59. The number of hydrogen-bond acceptors (Lipinski definition) is 6. The molecule has 1 atom stereocenters. The molecule has 0 aliphatic carbocycles. The zero-order valence-electron chi connectivity index (χ0n) is 50.3. The summed E-state index contributed by atoms with van der Waals surface area (Å²) in [5.74, 6) is -0.889. The second-order valence-corrected chi connectivity index (χ2v) is 21.6. The number of allylic oxidation sites excluding steroid dienone is 14. The van der Waals surface area contributed by atoms with Gasteiger partial charge >= 0.3 is 17.9 Å². The molecule has 438 valence electrons. The summed E-state index contributed by atoms with van der Waals surface area (Å²) in [6, 6.07) is 0. The lowest BCUT2D eigenvalue weighted by atomic mass is 10.1. The Hall–Kier alpha value is -3.41. The molecule has 0 saturated carbocycles. The molecule has 0 bridgehead atoms. The van der Waals surface area contributed by atoms with Crippen molar-refractivity contribution in [3.05, 3.63) is 85.1 Å². The molecule has 6 heteroatoms. The summed E-state index contributed by atoms with van der Waals surface area (Å²) in [5, 5.41) is 0. The Bertz CT molecular complexity index is 1450. The maximum atomic E-state index is 12.9. The molecular weight excluding hydrogens is 937 g/mol. The molecule has 0 radical (unpaired) electrons. The van der Waals surface area contributed by atoms with Gasteiger partial charge in [0.1, 0.15) is 13.2 Å². The van der Waals surface area contributed by atoms with E-state index < -0.39 is 6.10 Å². The highest BCUT2D eigenvalue weighted by Crippen LogP contribution is 2.16. The van der Waals surface area contributed by atoms with Gasteiger partial charge in [-0.3, -0.25) is 14.4 Å². The van der Waals surface area contributed by atoms with Crippen LogP contribution in [0.5, 0.6) is 0 Å². The first-order valence-corrected chi connectivity index (χ1v) is 32.6. The summed E-state index contributed by atoms with van der Waals surface area (Å²) in [4.78, 5) is 38.4. The van der Waals surface area contributed by atoms with E-state index in [0.29, 0.717) is 19.3 Å². The van der Waals surface area contributed by atoms with Crippen molar-refractivity contribution in [2.75, 3.05) is 13.2 Å². The Balaban J connectivity index is 4.40. The van der Waals surface area contributed by atoms with E-state index >= 15 is 0 Å². The van der Waals surface area contributed by atoms with Crippen LogP contribution in [0.4, 0.5) is 0 Å². The van der Waals surface area contributed by atoms with E-state index in [2.05, 4.69) is 106 Å². The lowest BCUT2D eigenvalue weighted by Crippen LogP contribution is -2.30. The summed E-state index contributed by atoms with van der Waals surface area (Å²) >= 11 is 0. The van der Waals surface area contributed by atoms with Gasteiger partial charge in [0, 0.05) is 19.3 Å². The Kier molecular flexibility index (Phi) is 61.2. The third-order valence-corrected chi connectivity index (χ3v) is 14.1. The number of unbranched alkanes of at least 4 members (excludes halogenated alkanes) is 34. The van der Waals surface area contributed by atoms with Crippen LogP contribution >= 0.6 is 0 Å². The van der Waals surface area contributed by atoms with Gasteiger partial charge < -0.3 is 14.2 Å². The second-order valence-electron chi connectivity index (χ2n) is 21.6. The molecule has 0 aliphatic rings. The number of carbonyl (C=O) groups is 3. The fraction of sp³-hybridized carbons (Fsp3) is 0.757. The summed E-state index contributed by atoms with van der Waals surface area (Å²) < 4.78 is 16.9. The predicted molar refractivity (Wildman–Crippen MR) is 330 cm³/mol. The molecular formula is C70H122O6. The van der Waals surface area contributed by atoms with Crippen molar-refractivity contribution in [3.8, 4) is 0 Å². The average Bonchev–Trinajstić information content (AvgIpc) is 3.42. The standard InChI is InChI=1S/C70H122O6/c1-4-7-10-13-16-19-22-25-28-31-33-34-35-36-37-40-42-45-48-51-54-57-60-63-69(72)75-66-67(65-74-68(71)62-59-56-53-50-47-44-41-38-30-27-24-21-18-15-12-9-6-3)76-70(73)64-61-58-55-52-49-46-43-39-32-29-26-23-20-17-14-11-8-5-2/h7,10,16,19,25,27-30,32-34,36-37,67H,4-6,8-9,11-15,17-18,20-24,26,31,35,38-66H2,1-3H3/b10-7-,19-16-,28-25-,30-27-,32-29-,34-33-,37-36-. The topological polar surface area (TPSA) is 78.9 Å². The van der Waals surface area contributed by atoms with Crippen LogP contribution in [0.2, 0.25) is 0 Å². The summed E-state index contributed by atoms with van der Waals surface area (Å²) in [5.41, 5.74) is 0. The number of hydrogen-bond donors (Lipinski definition) is 0. The maximum absolute atomic E-state index is 12.9.